The SMILES string of the molecule is [2H]C([2H])([2H])N(C(=O)OC(C)(C)C)c1nc(-c2cnn(C)c2-c2c(F)c(C)c3c(c2C#N)OC2(CC2)CN3C(F)(F)F)cc2c(CO)n[nH]c(=O)c12. The van der Waals surface area contributed by atoms with Crippen molar-refractivity contribution in [2.45, 2.75) is 64.6 Å². The third-order valence-electron chi connectivity index (χ3n) is 8.08. The molecule has 0 bridgehead atoms. The van der Waals surface area contributed by atoms with Crippen molar-refractivity contribution >= 4 is 28.4 Å². The molecule has 13 nitrogen and oxygen atoms in total. The molecule has 17 heteroatoms. The number of fused-ring (bicyclic) bond motifs is 2. The number of alkyl halides is 3. The first-order valence-electron chi connectivity index (χ1n) is 16.0. The number of nitriles is 1. The minimum absolute atomic E-state index is 0.0736. The standard InChI is InChI=1S/C31H30F4N8O5/c1-14-22(32)20(16(10-36)25-23(14)43(31(33,34)35)13-30(47-25)7-8-30)24-17(11-37-42(24)6)18-9-15-19(12-44)39-40-27(45)21(15)26(38-18)41(5)28(46)48-29(2,3)4/h9,11,44H,7-8,12-13H2,1-6H3,(H,40,45)/i5D3. The van der Waals surface area contributed by atoms with Crippen LogP contribution in [0, 0.1) is 24.1 Å². The number of amides is 1. The molecule has 3 aromatic heterocycles. The molecule has 1 amide bonds. The molecule has 1 aliphatic heterocycles. The van der Waals surface area contributed by atoms with Gasteiger partial charge in [-0.2, -0.15) is 28.6 Å². The van der Waals surface area contributed by atoms with Gasteiger partial charge in [-0.1, -0.05) is 0 Å². The molecular weight excluding hydrogens is 640 g/mol. The van der Waals surface area contributed by atoms with Crippen LogP contribution in [0.3, 0.4) is 0 Å². The maximum Gasteiger partial charge on any atom is 0.485 e. The van der Waals surface area contributed by atoms with Crippen LogP contribution in [0.25, 0.3) is 33.3 Å². The molecule has 0 radical (unpaired) electrons. The van der Waals surface area contributed by atoms with E-state index in [4.69, 9.17) is 13.6 Å². The lowest BCUT2D eigenvalue weighted by Gasteiger charge is -2.39. The minimum atomic E-state index is -4.93. The highest BCUT2D eigenvalue weighted by atomic mass is 19.4. The first-order chi connectivity index (χ1) is 23.6. The Bertz CT molecular complexity index is 2220. The van der Waals surface area contributed by atoms with Gasteiger partial charge in [-0.15, -0.1) is 0 Å². The van der Waals surface area contributed by atoms with Crippen LogP contribution in [0.2, 0.25) is 0 Å². The highest BCUT2D eigenvalue weighted by molar-refractivity contribution is 6.02. The maximum absolute atomic E-state index is 16.6. The van der Waals surface area contributed by atoms with Crippen molar-refractivity contribution in [3.05, 3.63) is 45.3 Å². The summed E-state index contributed by atoms with van der Waals surface area (Å²) in [7, 11) is 1.36. The summed E-state index contributed by atoms with van der Waals surface area (Å²) in [4.78, 5) is 31.3. The molecule has 1 fully saturated rings. The van der Waals surface area contributed by atoms with E-state index in [1.54, 1.807) is 0 Å². The van der Waals surface area contributed by atoms with E-state index < -0.39 is 94.4 Å². The molecular formula is C31H30F4N8O5. The number of aliphatic hydroxyl groups excluding tert-OH is 1. The largest absolute Gasteiger partial charge is 0.485 e. The molecule has 1 saturated carbocycles. The maximum atomic E-state index is 16.6. The number of aryl methyl sites for hydroxylation is 1. The number of nitrogens with zero attached hydrogens (tertiary/aromatic N) is 7. The highest BCUT2D eigenvalue weighted by Crippen LogP contribution is 2.56. The van der Waals surface area contributed by atoms with Crippen molar-refractivity contribution < 1.29 is 41.0 Å². The van der Waals surface area contributed by atoms with Crippen molar-refractivity contribution in [2.24, 2.45) is 7.05 Å². The van der Waals surface area contributed by atoms with Gasteiger partial charge in [0.1, 0.15) is 28.7 Å². The van der Waals surface area contributed by atoms with Gasteiger partial charge in [-0.05, 0) is 46.6 Å². The van der Waals surface area contributed by atoms with Crippen LogP contribution in [-0.2, 0) is 18.4 Å². The van der Waals surface area contributed by atoms with Crippen LogP contribution in [-0.4, -0.2) is 67.2 Å². The van der Waals surface area contributed by atoms with Crippen LogP contribution in [0.15, 0.2) is 17.1 Å². The summed E-state index contributed by atoms with van der Waals surface area (Å²) in [6, 6.07) is 3.03. The van der Waals surface area contributed by atoms with Crippen molar-refractivity contribution in [3.8, 4) is 34.3 Å². The number of benzene rings is 1. The average Bonchev–Trinajstić information content (AvgIpc) is 3.64. The van der Waals surface area contributed by atoms with Crippen molar-refractivity contribution in [1.29, 1.82) is 5.26 Å². The lowest BCUT2D eigenvalue weighted by Crippen LogP contribution is -2.49. The quantitative estimate of drug-likeness (QED) is 0.227. The molecule has 2 aliphatic rings. The van der Waals surface area contributed by atoms with E-state index in [1.165, 1.54) is 40.1 Å². The summed E-state index contributed by atoms with van der Waals surface area (Å²) in [5, 5.41) is 30.1. The lowest BCUT2D eigenvalue weighted by atomic mass is 9.93. The fourth-order valence-electron chi connectivity index (χ4n) is 5.74. The summed E-state index contributed by atoms with van der Waals surface area (Å²) < 4.78 is 96.7. The predicted molar refractivity (Wildman–Crippen MR) is 164 cm³/mol. The van der Waals surface area contributed by atoms with E-state index in [-0.39, 0.29) is 50.7 Å². The zero-order chi connectivity index (χ0) is 37.6. The fourth-order valence-corrected chi connectivity index (χ4v) is 5.74. The number of carbonyl (C=O) groups excluding carboxylic acids is 1. The fraction of sp³-hybridized carbons (Fsp3) is 0.419. The molecule has 6 rings (SSSR count). The van der Waals surface area contributed by atoms with E-state index in [0.717, 1.165) is 11.6 Å². The number of anilines is 2. The zero-order valence-electron chi connectivity index (χ0n) is 29.2. The summed E-state index contributed by atoms with van der Waals surface area (Å²) >= 11 is 0. The second-order valence-electron chi connectivity index (χ2n) is 12.6. The molecule has 252 valence electrons. The number of carbonyl (C=O) groups is 1. The molecule has 2 N–H and O–H groups in total. The number of rotatable bonds is 4. The second-order valence-corrected chi connectivity index (χ2v) is 12.6. The topological polar surface area (TPSA) is 162 Å². The Labute approximate surface area is 274 Å². The predicted octanol–water partition coefficient (Wildman–Crippen LogP) is 4.82. The number of hydrogen-bond donors (Lipinski definition) is 2. The third kappa shape index (κ3) is 5.25. The van der Waals surface area contributed by atoms with Gasteiger partial charge in [0.2, 0.25) is 0 Å². The van der Waals surface area contributed by atoms with Crippen molar-refractivity contribution in [3.63, 3.8) is 0 Å². The van der Waals surface area contributed by atoms with Crippen molar-refractivity contribution in [2.75, 3.05) is 23.3 Å². The first kappa shape index (κ1) is 28.9. The van der Waals surface area contributed by atoms with Gasteiger partial charge in [0, 0.05) is 34.6 Å². The van der Waals surface area contributed by atoms with Crippen LogP contribution in [0.5, 0.6) is 5.75 Å². The number of aromatic nitrogens is 5. The molecule has 0 atom stereocenters. The summed E-state index contributed by atoms with van der Waals surface area (Å²) in [5.41, 5.74) is -6.28. The van der Waals surface area contributed by atoms with E-state index >= 15 is 4.39 Å². The number of halogens is 4. The van der Waals surface area contributed by atoms with E-state index in [2.05, 4.69) is 20.3 Å². The van der Waals surface area contributed by atoms with Gasteiger partial charge in [-0.25, -0.2) is 19.3 Å². The Hall–Kier alpha value is -5.24. The second kappa shape index (κ2) is 10.9. The number of H-pyrrole nitrogens is 1. The summed E-state index contributed by atoms with van der Waals surface area (Å²) in [6.45, 7) is 0.903. The van der Waals surface area contributed by atoms with E-state index in [1.807, 2.05) is 6.07 Å². The number of hydrogen-bond acceptors (Lipinski definition) is 10. The first-order valence-corrected chi connectivity index (χ1v) is 14.5. The van der Waals surface area contributed by atoms with Crippen LogP contribution in [0.4, 0.5) is 33.9 Å². The molecule has 4 aromatic rings. The Morgan fingerprint density at radius 1 is 1.33 bits per heavy atom. The van der Waals surface area contributed by atoms with Crippen LogP contribution >= 0.6 is 0 Å². The monoisotopic (exact) mass is 673 g/mol. The number of nitrogens with one attached hydrogen (secondary N) is 1. The molecule has 1 aromatic carbocycles. The van der Waals surface area contributed by atoms with Crippen LogP contribution in [0.1, 0.15) is 54.5 Å². The molecule has 0 saturated heterocycles. The normalized spacial score (nSPS) is 16.4. The Kier molecular flexibility index (Phi) is 6.58. The minimum Gasteiger partial charge on any atom is -0.482 e. The van der Waals surface area contributed by atoms with Gasteiger partial charge < -0.3 is 14.6 Å². The van der Waals surface area contributed by atoms with Gasteiger partial charge in [0.15, 0.2) is 11.6 Å². The van der Waals surface area contributed by atoms with Gasteiger partial charge in [0.05, 0.1) is 53.1 Å². The third-order valence-corrected chi connectivity index (χ3v) is 8.08. The average molecular weight is 674 g/mol. The highest BCUT2D eigenvalue weighted by Gasteiger charge is 2.57. The summed E-state index contributed by atoms with van der Waals surface area (Å²) in [6.07, 6.45) is -4.63. The van der Waals surface area contributed by atoms with Crippen LogP contribution < -0.4 is 20.1 Å². The molecule has 1 spiro atoms. The molecule has 0 unspecified atom stereocenters. The lowest BCUT2D eigenvalue weighted by molar-refractivity contribution is -0.135. The number of aliphatic hydroxyl groups is 1. The summed E-state index contributed by atoms with van der Waals surface area (Å²) in [5.74, 6) is -2.41. The zero-order valence-corrected chi connectivity index (χ0v) is 26.2. The number of aromatic amines is 1. The smallest absolute Gasteiger partial charge is 0.482 e. The van der Waals surface area contributed by atoms with Crippen molar-refractivity contribution in [1.82, 2.24) is 25.0 Å². The Morgan fingerprint density at radius 3 is 2.62 bits per heavy atom. The number of ether oxygens (including phenoxy) is 2. The molecule has 1 aliphatic carbocycles. The Balaban J connectivity index is 1.68. The van der Waals surface area contributed by atoms with E-state index in [9.17, 15) is 33.1 Å². The van der Waals surface area contributed by atoms with Gasteiger partial charge in [0.25, 0.3) is 5.56 Å². The molecule has 48 heavy (non-hydrogen) atoms. The number of pyridine rings is 1. The Morgan fingerprint density at radius 2 is 2.04 bits per heavy atom. The van der Waals surface area contributed by atoms with Gasteiger partial charge >= 0.3 is 12.4 Å². The molecule has 4 heterocycles. The van der Waals surface area contributed by atoms with Gasteiger partial charge in [-0.3, -0.25) is 19.3 Å². The van der Waals surface area contributed by atoms with E-state index in [0.29, 0.717) is 0 Å².